The molecule has 3 unspecified atom stereocenters. The minimum absolute atomic E-state index is 0.127. The van der Waals surface area contributed by atoms with Gasteiger partial charge in [-0.2, -0.15) is 0 Å². The standard InChI is InChI=1S/C25H25AsN2O7.C10H13NO2/c1-17-8-10-20(11-9-17)24(30)27-23(16-19-6-4-3-5-7-19)25(31)28(18(2)29)22-14-12-21(13-15-22)26(32,33)35-34;1-13-10(12)9(11)7-8-5-3-2-4-6-8/h3-15,23,34H,16H2,1-2H3,(H,27,30)(H,32,33);2-6,9H,7,11H2,1H3. The van der Waals surface area contributed by atoms with E-state index in [1.54, 1.807) is 48.5 Å². The Bertz CT molecular complexity index is 1720. The van der Waals surface area contributed by atoms with Crippen molar-refractivity contribution >= 4 is 47.9 Å². The molecule has 0 saturated carbocycles. The average molecular weight is 720 g/mol. The van der Waals surface area contributed by atoms with Crippen molar-refractivity contribution in [2.75, 3.05) is 12.0 Å². The number of nitrogens with two attached hydrogens (primary N) is 1. The normalized spacial score (nSPS) is 13.0. The van der Waals surface area contributed by atoms with Crippen molar-refractivity contribution in [2.24, 2.45) is 5.73 Å². The van der Waals surface area contributed by atoms with Gasteiger partial charge in [-0.1, -0.05) is 35.9 Å². The number of hydrogen-bond acceptors (Lipinski definition) is 9. The van der Waals surface area contributed by atoms with Gasteiger partial charge in [0.05, 0.1) is 7.11 Å². The van der Waals surface area contributed by atoms with E-state index in [-0.39, 0.29) is 22.4 Å². The first-order valence-corrected chi connectivity index (χ1v) is 18.1. The van der Waals surface area contributed by atoms with Gasteiger partial charge in [0, 0.05) is 0 Å². The van der Waals surface area contributed by atoms with Crippen molar-refractivity contribution in [3.05, 3.63) is 131 Å². The molecular weight excluding hydrogens is 681 g/mol. The second-order valence-corrected chi connectivity index (χ2v) is 14.3. The first-order valence-electron chi connectivity index (χ1n) is 14.8. The van der Waals surface area contributed by atoms with E-state index in [9.17, 15) is 27.0 Å². The van der Waals surface area contributed by atoms with Gasteiger partial charge in [-0.05, 0) is 18.9 Å². The van der Waals surface area contributed by atoms with E-state index in [4.69, 9.17) is 11.0 Å². The monoisotopic (exact) mass is 719 g/mol. The molecule has 5 N–H and O–H groups in total. The SMILES string of the molecule is CC(=O)N(C(=O)C(Cc1ccccc1)NC(=O)c1ccc(C)cc1)c1ccc([As](=O)(O)OO)cc1.COC(=O)C(N)Cc1ccccc1. The number of anilines is 1. The summed E-state index contributed by atoms with van der Waals surface area (Å²) in [5.74, 6) is -2.13. The van der Waals surface area contributed by atoms with Crippen LogP contribution >= 0.6 is 0 Å². The maximum absolute atomic E-state index is 13.6. The van der Waals surface area contributed by atoms with Gasteiger partial charge >= 0.3 is 199 Å². The Labute approximate surface area is 281 Å². The summed E-state index contributed by atoms with van der Waals surface area (Å²) in [7, 11) is 1.34. The van der Waals surface area contributed by atoms with Crippen molar-refractivity contribution in [2.45, 2.75) is 38.8 Å². The summed E-state index contributed by atoms with van der Waals surface area (Å²) in [6.07, 6.45) is 0.653. The smallest absolute Gasteiger partial charge is 0.322 e. The van der Waals surface area contributed by atoms with Crippen molar-refractivity contribution < 1.29 is 40.9 Å². The molecule has 252 valence electrons. The fourth-order valence-electron chi connectivity index (χ4n) is 4.56. The van der Waals surface area contributed by atoms with Crippen molar-refractivity contribution in [1.82, 2.24) is 5.32 Å². The molecule has 3 atom stereocenters. The van der Waals surface area contributed by atoms with Crippen molar-refractivity contribution in [3.8, 4) is 0 Å². The number of carbonyl (C=O) groups is 4. The van der Waals surface area contributed by atoms with Crippen LogP contribution < -0.4 is 20.3 Å². The number of hydrogen-bond donors (Lipinski definition) is 4. The number of amides is 3. The molecule has 4 aromatic rings. The number of esters is 1. The van der Waals surface area contributed by atoms with Crippen LogP contribution in [0.2, 0.25) is 0 Å². The zero-order chi connectivity index (χ0) is 35.3. The van der Waals surface area contributed by atoms with Crippen LogP contribution in [0.15, 0.2) is 109 Å². The summed E-state index contributed by atoms with van der Waals surface area (Å²) in [4.78, 5) is 50.9. The van der Waals surface area contributed by atoms with Crippen LogP contribution in [-0.4, -0.2) is 66.4 Å². The van der Waals surface area contributed by atoms with E-state index in [0.29, 0.717) is 12.0 Å². The Kier molecular flexibility index (Phi) is 14.0. The van der Waals surface area contributed by atoms with E-state index in [1.807, 2.05) is 43.3 Å². The molecule has 13 heteroatoms. The molecule has 0 aliphatic rings. The summed E-state index contributed by atoms with van der Waals surface area (Å²) in [6, 6.07) is 28.8. The predicted octanol–water partition coefficient (Wildman–Crippen LogP) is 2.70. The van der Waals surface area contributed by atoms with Crippen LogP contribution in [0, 0.1) is 6.92 Å². The zero-order valence-corrected chi connectivity index (χ0v) is 28.6. The van der Waals surface area contributed by atoms with Crippen molar-refractivity contribution in [1.29, 1.82) is 0 Å². The number of carbonyl (C=O) groups excluding carboxylic acids is 4. The Balaban J connectivity index is 0.000000402. The third kappa shape index (κ3) is 10.9. The van der Waals surface area contributed by atoms with Gasteiger partial charge in [0.25, 0.3) is 0 Å². The van der Waals surface area contributed by atoms with Gasteiger partial charge in [-0.3, -0.25) is 4.79 Å². The van der Waals surface area contributed by atoms with Gasteiger partial charge in [0.2, 0.25) is 0 Å². The van der Waals surface area contributed by atoms with Crippen LogP contribution in [0.3, 0.4) is 0 Å². The zero-order valence-electron chi connectivity index (χ0n) is 26.7. The minimum atomic E-state index is -5.11. The van der Waals surface area contributed by atoms with Crippen LogP contribution in [0.1, 0.15) is 34.0 Å². The second-order valence-electron chi connectivity index (χ2n) is 10.7. The second kappa shape index (κ2) is 17.9. The third-order valence-corrected chi connectivity index (χ3v) is 9.54. The van der Waals surface area contributed by atoms with E-state index >= 15 is 0 Å². The van der Waals surface area contributed by atoms with E-state index in [0.717, 1.165) is 21.6 Å². The van der Waals surface area contributed by atoms with Gasteiger partial charge in [0.15, 0.2) is 0 Å². The molecule has 0 aliphatic heterocycles. The molecule has 0 spiro atoms. The first kappa shape index (κ1) is 37.6. The first-order chi connectivity index (χ1) is 22.9. The largest absolute Gasteiger partial charge is 0.468 e. The number of rotatable bonds is 11. The summed E-state index contributed by atoms with van der Waals surface area (Å²) in [5, 5.41) is 11.4. The van der Waals surface area contributed by atoms with Gasteiger partial charge in [0.1, 0.15) is 6.04 Å². The number of imide groups is 1. The topological polar surface area (TPSA) is 186 Å². The van der Waals surface area contributed by atoms with Crippen LogP contribution in [-0.2, 0) is 39.6 Å². The maximum Gasteiger partial charge on any atom is 0.322 e. The van der Waals surface area contributed by atoms with Crippen LogP contribution in [0.25, 0.3) is 0 Å². The molecule has 4 aromatic carbocycles. The van der Waals surface area contributed by atoms with E-state index in [1.165, 1.54) is 38.3 Å². The number of benzene rings is 4. The molecule has 0 bridgehead atoms. The van der Waals surface area contributed by atoms with Gasteiger partial charge in [-0.15, -0.1) is 0 Å². The summed E-state index contributed by atoms with van der Waals surface area (Å²) >= 11 is -5.11. The Morgan fingerprint density at radius 3 is 1.83 bits per heavy atom. The van der Waals surface area contributed by atoms with Gasteiger partial charge in [-0.25, -0.2) is 0 Å². The molecule has 0 aromatic heterocycles. The molecule has 3 amide bonds. The third-order valence-electron chi connectivity index (χ3n) is 7.08. The molecule has 12 nitrogen and oxygen atoms in total. The fraction of sp³-hybridized carbons (Fsp3) is 0.200. The molecule has 0 aliphatic carbocycles. The number of methoxy groups -OCH3 is 1. The molecule has 0 saturated heterocycles. The predicted molar refractivity (Wildman–Crippen MR) is 179 cm³/mol. The number of ether oxygens (including phenoxy) is 1. The van der Waals surface area contributed by atoms with E-state index in [2.05, 4.69) is 13.9 Å². The summed E-state index contributed by atoms with van der Waals surface area (Å²) < 4.78 is 29.6. The Morgan fingerprint density at radius 1 is 0.833 bits per heavy atom. The quantitative estimate of drug-likeness (QED) is 0.0778. The molecule has 0 heterocycles. The maximum atomic E-state index is 13.6. The van der Waals surface area contributed by atoms with Crippen LogP contribution in [0.4, 0.5) is 5.69 Å². The summed E-state index contributed by atoms with van der Waals surface area (Å²) in [6.45, 7) is 3.09. The molecule has 0 fully saturated rings. The minimum Gasteiger partial charge on any atom is -0.468 e. The van der Waals surface area contributed by atoms with E-state index < -0.39 is 44.0 Å². The molecule has 48 heavy (non-hydrogen) atoms. The number of nitrogens with zero attached hydrogens (tertiary/aromatic N) is 1. The Hall–Kier alpha value is -4.84. The molecular formula is C35H38AsN3O9. The van der Waals surface area contributed by atoms with Crippen molar-refractivity contribution in [3.63, 3.8) is 0 Å². The Morgan fingerprint density at radius 2 is 1.35 bits per heavy atom. The number of aryl methyl sites for hydroxylation is 1. The summed E-state index contributed by atoms with van der Waals surface area (Å²) in [5.41, 5.74) is 8.87. The van der Waals surface area contributed by atoms with Crippen LogP contribution in [0.5, 0.6) is 0 Å². The fourth-order valence-corrected chi connectivity index (χ4v) is 5.86. The average Bonchev–Trinajstić information content (AvgIpc) is 3.09. The number of nitrogens with one attached hydrogen (secondary N) is 1. The molecule has 4 rings (SSSR count). The molecule has 0 radical (unpaired) electrons. The van der Waals surface area contributed by atoms with Gasteiger partial charge < -0.3 is 10.5 Å².